The number of esters is 1. The van der Waals surface area contributed by atoms with Crippen molar-refractivity contribution in [3.05, 3.63) is 70.2 Å². The predicted octanol–water partition coefficient (Wildman–Crippen LogP) is 4.92. The Kier molecular flexibility index (Phi) is 6.53. The first-order valence-corrected chi connectivity index (χ1v) is 7.83. The minimum Gasteiger partial charge on any atom is -0.493 e. The number of ether oxygens (including phenoxy) is 3. The Morgan fingerprint density at radius 2 is 1.96 bits per heavy atom. The summed E-state index contributed by atoms with van der Waals surface area (Å²) in [6.45, 7) is 3.85. The minimum atomic E-state index is -0.466. The Hall–Kier alpha value is -2.17. The summed E-state index contributed by atoms with van der Waals surface area (Å²) >= 11 is 12.0. The van der Waals surface area contributed by atoms with Crippen LogP contribution in [0, 0.1) is 0 Å². The Morgan fingerprint density at radius 3 is 2.62 bits per heavy atom. The summed E-state index contributed by atoms with van der Waals surface area (Å²) in [4.78, 5) is 11.9. The highest BCUT2D eigenvalue weighted by atomic mass is 35.5. The number of methoxy groups -OCH3 is 1. The smallest absolute Gasteiger partial charge is 0.338 e. The third kappa shape index (κ3) is 4.66. The molecule has 0 unspecified atom stereocenters. The van der Waals surface area contributed by atoms with Gasteiger partial charge in [-0.15, -0.1) is 0 Å². The molecular weight excluding hydrogens is 351 g/mol. The standard InChI is InChI=1S/C18H16Cl2O4/c1-3-8-23-18(21)12-5-7-16(22-2)17(9-12)24-11-13-4-6-14(19)10-15(13)20/h3-7,9-10H,1,8,11H2,2H3. The normalized spacial score (nSPS) is 10.1. The highest BCUT2D eigenvalue weighted by Gasteiger charge is 2.13. The molecular formula is C18H16Cl2O4. The SMILES string of the molecule is C=CCOC(=O)c1ccc(OC)c(OCc2ccc(Cl)cc2Cl)c1. The van der Waals surface area contributed by atoms with Crippen LogP contribution in [0.2, 0.25) is 10.0 Å². The zero-order valence-corrected chi connectivity index (χ0v) is 14.6. The number of hydrogen-bond acceptors (Lipinski definition) is 4. The van der Waals surface area contributed by atoms with Gasteiger partial charge in [-0.05, 0) is 30.3 Å². The van der Waals surface area contributed by atoms with Crippen LogP contribution in [0.1, 0.15) is 15.9 Å². The molecule has 0 radical (unpaired) electrons. The molecule has 0 spiro atoms. The quantitative estimate of drug-likeness (QED) is 0.515. The largest absolute Gasteiger partial charge is 0.493 e. The van der Waals surface area contributed by atoms with Gasteiger partial charge in [0.15, 0.2) is 11.5 Å². The fraction of sp³-hybridized carbons (Fsp3) is 0.167. The predicted molar refractivity (Wildman–Crippen MR) is 94.3 cm³/mol. The van der Waals surface area contributed by atoms with Gasteiger partial charge in [-0.1, -0.05) is 41.9 Å². The van der Waals surface area contributed by atoms with Crippen molar-refractivity contribution >= 4 is 29.2 Å². The van der Waals surface area contributed by atoms with E-state index in [-0.39, 0.29) is 13.2 Å². The summed E-state index contributed by atoms with van der Waals surface area (Å²) in [7, 11) is 1.52. The summed E-state index contributed by atoms with van der Waals surface area (Å²) in [5.74, 6) is 0.448. The maximum absolute atomic E-state index is 11.9. The van der Waals surface area contributed by atoms with Gasteiger partial charge in [0.1, 0.15) is 13.2 Å². The monoisotopic (exact) mass is 366 g/mol. The molecule has 0 N–H and O–H groups in total. The third-order valence-corrected chi connectivity index (χ3v) is 3.72. The lowest BCUT2D eigenvalue weighted by Crippen LogP contribution is -2.06. The number of rotatable bonds is 7. The molecule has 0 aliphatic carbocycles. The van der Waals surface area contributed by atoms with Crippen molar-refractivity contribution in [1.82, 2.24) is 0 Å². The van der Waals surface area contributed by atoms with Crippen LogP contribution in [-0.2, 0) is 11.3 Å². The number of carbonyl (C=O) groups excluding carboxylic acids is 1. The van der Waals surface area contributed by atoms with Crippen molar-refractivity contribution in [3.8, 4) is 11.5 Å². The van der Waals surface area contributed by atoms with E-state index in [1.54, 1.807) is 36.4 Å². The van der Waals surface area contributed by atoms with Crippen LogP contribution in [-0.4, -0.2) is 19.7 Å². The van der Waals surface area contributed by atoms with Crippen molar-refractivity contribution in [2.75, 3.05) is 13.7 Å². The lowest BCUT2D eigenvalue weighted by atomic mass is 10.2. The van der Waals surface area contributed by atoms with Crippen molar-refractivity contribution in [2.45, 2.75) is 6.61 Å². The van der Waals surface area contributed by atoms with E-state index < -0.39 is 5.97 Å². The van der Waals surface area contributed by atoms with Crippen molar-refractivity contribution in [3.63, 3.8) is 0 Å². The van der Waals surface area contributed by atoms with Crippen LogP contribution in [0.25, 0.3) is 0 Å². The summed E-state index contributed by atoms with van der Waals surface area (Å²) in [5, 5.41) is 1.05. The van der Waals surface area contributed by atoms with Gasteiger partial charge in [0.05, 0.1) is 12.7 Å². The van der Waals surface area contributed by atoms with Gasteiger partial charge in [0, 0.05) is 15.6 Å². The van der Waals surface area contributed by atoms with Gasteiger partial charge in [0.2, 0.25) is 0 Å². The molecule has 0 amide bonds. The Bertz CT molecular complexity index is 744. The van der Waals surface area contributed by atoms with E-state index in [1.807, 2.05) is 0 Å². The molecule has 0 heterocycles. The number of benzene rings is 2. The molecule has 24 heavy (non-hydrogen) atoms. The van der Waals surface area contributed by atoms with Gasteiger partial charge in [-0.2, -0.15) is 0 Å². The second kappa shape index (κ2) is 8.62. The Labute approximate surface area is 150 Å². The average Bonchev–Trinajstić information content (AvgIpc) is 2.58. The fourth-order valence-electron chi connectivity index (χ4n) is 1.93. The van der Waals surface area contributed by atoms with E-state index >= 15 is 0 Å². The van der Waals surface area contributed by atoms with Crippen LogP contribution < -0.4 is 9.47 Å². The molecule has 0 aliphatic rings. The molecule has 2 aromatic carbocycles. The second-order valence-electron chi connectivity index (χ2n) is 4.78. The molecule has 0 aromatic heterocycles. The molecule has 0 saturated heterocycles. The van der Waals surface area contributed by atoms with Crippen molar-refractivity contribution in [1.29, 1.82) is 0 Å². The van der Waals surface area contributed by atoms with E-state index in [2.05, 4.69) is 6.58 Å². The molecule has 6 heteroatoms. The maximum atomic E-state index is 11.9. The molecule has 4 nitrogen and oxygen atoms in total. The van der Waals surface area contributed by atoms with Crippen molar-refractivity contribution < 1.29 is 19.0 Å². The van der Waals surface area contributed by atoms with Crippen LogP contribution in [0.3, 0.4) is 0 Å². The second-order valence-corrected chi connectivity index (χ2v) is 5.62. The molecule has 126 valence electrons. The maximum Gasteiger partial charge on any atom is 0.338 e. The van der Waals surface area contributed by atoms with Gasteiger partial charge in [-0.3, -0.25) is 0 Å². The van der Waals surface area contributed by atoms with Crippen LogP contribution in [0.4, 0.5) is 0 Å². The van der Waals surface area contributed by atoms with Crippen LogP contribution >= 0.6 is 23.2 Å². The third-order valence-electron chi connectivity index (χ3n) is 3.13. The zero-order valence-electron chi connectivity index (χ0n) is 13.1. The first-order valence-electron chi connectivity index (χ1n) is 7.08. The molecule has 2 aromatic rings. The van der Waals surface area contributed by atoms with E-state index in [9.17, 15) is 4.79 Å². The molecule has 0 saturated carbocycles. The number of carbonyl (C=O) groups is 1. The fourth-order valence-corrected chi connectivity index (χ4v) is 2.39. The van der Waals surface area contributed by atoms with E-state index in [1.165, 1.54) is 13.2 Å². The first kappa shape index (κ1) is 18.2. The van der Waals surface area contributed by atoms with E-state index in [4.69, 9.17) is 37.4 Å². The van der Waals surface area contributed by atoms with Crippen LogP contribution in [0.5, 0.6) is 11.5 Å². The minimum absolute atomic E-state index is 0.140. The number of halogens is 2. The van der Waals surface area contributed by atoms with Gasteiger partial charge in [0.25, 0.3) is 0 Å². The molecule has 2 rings (SSSR count). The van der Waals surface area contributed by atoms with Gasteiger partial charge >= 0.3 is 5.97 Å². The van der Waals surface area contributed by atoms with Crippen molar-refractivity contribution in [2.24, 2.45) is 0 Å². The lowest BCUT2D eigenvalue weighted by molar-refractivity contribution is 0.0549. The zero-order chi connectivity index (χ0) is 17.5. The summed E-state index contributed by atoms with van der Waals surface area (Å²) in [6.07, 6.45) is 1.50. The van der Waals surface area contributed by atoms with Crippen LogP contribution in [0.15, 0.2) is 49.1 Å². The molecule has 0 aliphatic heterocycles. The first-order chi connectivity index (χ1) is 11.5. The topological polar surface area (TPSA) is 44.8 Å². The van der Waals surface area contributed by atoms with E-state index in [0.29, 0.717) is 27.1 Å². The molecule has 0 bridgehead atoms. The Balaban J connectivity index is 2.18. The van der Waals surface area contributed by atoms with Gasteiger partial charge in [-0.25, -0.2) is 4.79 Å². The van der Waals surface area contributed by atoms with Gasteiger partial charge < -0.3 is 14.2 Å². The average molecular weight is 367 g/mol. The molecule has 0 atom stereocenters. The Morgan fingerprint density at radius 1 is 1.17 bits per heavy atom. The molecule has 0 fully saturated rings. The summed E-state index contributed by atoms with van der Waals surface area (Å²) in [6, 6.07) is 9.96. The number of hydrogen-bond donors (Lipinski definition) is 0. The summed E-state index contributed by atoms with van der Waals surface area (Å²) < 4.78 is 16.0. The highest BCUT2D eigenvalue weighted by molar-refractivity contribution is 6.35. The highest BCUT2D eigenvalue weighted by Crippen LogP contribution is 2.30. The van der Waals surface area contributed by atoms with E-state index in [0.717, 1.165) is 5.56 Å². The summed E-state index contributed by atoms with van der Waals surface area (Å²) in [5.41, 5.74) is 1.12. The lowest BCUT2D eigenvalue weighted by Gasteiger charge is -2.13.